The lowest BCUT2D eigenvalue weighted by atomic mass is 10.2. The van der Waals surface area contributed by atoms with Crippen molar-refractivity contribution in [3.05, 3.63) is 94.5 Å². The van der Waals surface area contributed by atoms with Gasteiger partial charge < -0.3 is 10.4 Å². The molecule has 0 spiro atoms. The summed E-state index contributed by atoms with van der Waals surface area (Å²) in [5.74, 6) is -0.889. The number of aliphatic hydroxyl groups excluding tert-OH is 1. The molecule has 0 fully saturated rings. The van der Waals surface area contributed by atoms with E-state index in [1.807, 2.05) is 48.5 Å². The van der Waals surface area contributed by atoms with Gasteiger partial charge in [-0.15, -0.1) is 5.10 Å². The highest BCUT2D eigenvalue weighted by molar-refractivity contribution is 7.99. The number of benzene rings is 3. The molecule has 2 aromatic heterocycles. The minimum absolute atomic E-state index is 0.0684. The van der Waals surface area contributed by atoms with Gasteiger partial charge >= 0.3 is 6.18 Å². The average molecular weight is 556 g/mol. The van der Waals surface area contributed by atoms with E-state index in [-0.39, 0.29) is 23.1 Å². The Balaban J connectivity index is 1.45. The lowest BCUT2D eigenvalue weighted by molar-refractivity contribution is -0.146. The van der Waals surface area contributed by atoms with Crippen molar-refractivity contribution < 1.29 is 18.3 Å². The minimum Gasteiger partial charge on any atom is -0.392 e. The molecule has 0 radical (unpaired) electrons. The van der Waals surface area contributed by atoms with Crippen LogP contribution in [0.25, 0.3) is 10.9 Å². The highest BCUT2D eigenvalue weighted by Gasteiger charge is 2.38. The largest absolute Gasteiger partial charge is 0.453 e. The Hall–Kier alpha value is -3.94. The number of fused-ring (bicyclic) bond motifs is 1. The molecule has 0 aliphatic rings. The van der Waals surface area contributed by atoms with Gasteiger partial charge in [0.05, 0.1) is 12.1 Å². The van der Waals surface area contributed by atoms with Gasteiger partial charge in [-0.25, -0.2) is 14.8 Å². The molecule has 2 heterocycles. The average Bonchev–Trinajstić information content (AvgIpc) is 3.29. The number of halogens is 3. The zero-order valence-corrected chi connectivity index (χ0v) is 21.2. The predicted molar refractivity (Wildman–Crippen MR) is 141 cm³/mol. The van der Waals surface area contributed by atoms with Gasteiger partial charge in [-0.3, -0.25) is 5.43 Å². The summed E-state index contributed by atoms with van der Waals surface area (Å²) in [4.78, 5) is 10.9. The first-order valence-electron chi connectivity index (χ1n) is 11.3. The fraction of sp³-hybridized carbons (Fsp3) is 0.120. The van der Waals surface area contributed by atoms with E-state index < -0.39 is 12.0 Å². The Kier molecular flexibility index (Phi) is 7.31. The maximum Gasteiger partial charge on any atom is 0.453 e. The number of aromatic amines is 1. The maximum atomic E-state index is 13.5. The standard InChI is InChI=1S/C25H20F3N7OS2/c26-25(27,28)22-32-33-24(37)35(22)34-21-17-9-3-4-10-18(17)30-23(31-21)29-13-15-7-1-5-11-19(15)38-20-12-6-2-8-16(20)14-36/h1-12,36H,13-14H2,(H,33,37)(H2,29,30,31,34). The molecule has 38 heavy (non-hydrogen) atoms. The molecule has 0 aliphatic heterocycles. The van der Waals surface area contributed by atoms with Crippen molar-refractivity contribution in [2.45, 2.75) is 29.1 Å². The first kappa shape index (κ1) is 25.7. The van der Waals surface area contributed by atoms with Crippen LogP contribution in [0, 0.1) is 4.77 Å². The number of H-pyrrole nitrogens is 1. The lowest BCUT2D eigenvalue weighted by Crippen LogP contribution is -2.21. The van der Waals surface area contributed by atoms with Gasteiger partial charge in [0, 0.05) is 21.7 Å². The van der Waals surface area contributed by atoms with Crippen molar-refractivity contribution in [3.8, 4) is 0 Å². The third kappa shape index (κ3) is 5.49. The SMILES string of the molecule is OCc1ccccc1Sc1ccccc1CNc1nc(Nn2c(C(F)(F)F)n[nH]c2=S)c2ccccc2n1. The van der Waals surface area contributed by atoms with Crippen LogP contribution in [0.4, 0.5) is 24.9 Å². The first-order chi connectivity index (χ1) is 18.3. The lowest BCUT2D eigenvalue weighted by Gasteiger charge is -2.15. The van der Waals surface area contributed by atoms with Crippen LogP contribution in [0.15, 0.2) is 82.6 Å². The number of aromatic nitrogens is 5. The van der Waals surface area contributed by atoms with Crippen molar-refractivity contribution in [2.24, 2.45) is 0 Å². The van der Waals surface area contributed by atoms with E-state index >= 15 is 0 Å². The Bertz CT molecular complexity index is 1650. The number of nitrogens with one attached hydrogen (secondary N) is 3. The predicted octanol–water partition coefficient (Wildman–Crippen LogP) is 6.03. The van der Waals surface area contributed by atoms with Gasteiger partial charge in [0.2, 0.25) is 10.7 Å². The van der Waals surface area contributed by atoms with Gasteiger partial charge in [0.25, 0.3) is 5.82 Å². The first-order valence-corrected chi connectivity index (χ1v) is 12.5. The zero-order valence-electron chi connectivity index (χ0n) is 19.5. The van der Waals surface area contributed by atoms with Crippen molar-refractivity contribution >= 4 is 46.6 Å². The molecular formula is C25H20F3N7OS2. The molecule has 0 aliphatic carbocycles. The fourth-order valence-electron chi connectivity index (χ4n) is 3.71. The second-order valence-corrected chi connectivity index (χ2v) is 9.51. The van der Waals surface area contributed by atoms with Crippen LogP contribution >= 0.6 is 24.0 Å². The van der Waals surface area contributed by atoms with E-state index in [0.717, 1.165) is 20.9 Å². The number of nitrogens with zero attached hydrogens (tertiary/aromatic N) is 4. The number of para-hydroxylation sites is 1. The molecule has 0 amide bonds. The molecule has 13 heteroatoms. The molecule has 0 bridgehead atoms. The molecular weight excluding hydrogens is 535 g/mol. The third-order valence-corrected chi connectivity index (χ3v) is 7.03. The summed E-state index contributed by atoms with van der Waals surface area (Å²) in [5.41, 5.74) is 4.94. The maximum absolute atomic E-state index is 13.5. The van der Waals surface area contributed by atoms with Crippen LogP contribution in [0.2, 0.25) is 0 Å². The molecule has 0 saturated carbocycles. The molecule has 3 aromatic carbocycles. The van der Waals surface area contributed by atoms with Crippen molar-refractivity contribution in [1.82, 2.24) is 24.8 Å². The number of rotatable bonds is 8. The van der Waals surface area contributed by atoms with Gasteiger partial charge in [-0.05, 0) is 47.6 Å². The summed E-state index contributed by atoms with van der Waals surface area (Å²) in [6.07, 6.45) is -4.74. The Morgan fingerprint density at radius 1 is 0.921 bits per heavy atom. The molecule has 5 rings (SSSR count). The van der Waals surface area contributed by atoms with Crippen molar-refractivity contribution in [2.75, 3.05) is 10.7 Å². The van der Waals surface area contributed by atoms with Gasteiger partial charge in [0.1, 0.15) is 0 Å². The summed E-state index contributed by atoms with van der Waals surface area (Å²) in [6, 6.07) is 22.3. The Morgan fingerprint density at radius 2 is 1.58 bits per heavy atom. The highest BCUT2D eigenvalue weighted by Crippen LogP contribution is 2.33. The van der Waals surface area contributed by atoms with Crippen molar-refractivity contribution in [1.29, 1.82) is 0 Å². The second kappa shape index (κ2) is 10.8. The summed E-state index contributed by atoms with van der Waals surface area (Å²) >= 11 is 6.53. The molecule has 0 saturated heterocycles. The van der Waals surface area contributed by atoms with Crippen LogP contribution in [0.1, 0.15) is 17.0 Å². The normalized spacial score (nSPS) is 11.6. The number of alkyl halides is 3. The molecule has 0 atom stereocenters. The van der Waals surface area contributed by atoms with Crippen molar-refractivity contribution in [3.63, 3.8) is 0 Å². The van der Waals surface area contributed by atoms with E-state index in [0.29, 0.717) is 22.1 Å². The van der Waals surface area contributed by atoms with E-state index in [9.17, 15) is 18.3 Å². The number of anilines is 2. The highest BCUT2D eigenvalue weighted by atomic mass is 32.2. The van der Waals surface area contributed by atoms with Crippen LogP contribution in [-0.2, 0) is 19.3 Å². The van der Waals surface area contributed by atoms with Crippen LogP contribution in [0.5, 0.6) is 0 Å². The summed E-state index contributed by atoms with van der Waals surface area (Å²) in [6.45, 7) is 0.280. The monoisotopic (exact) mass is 555 g/mol. The second-order valence-electron chi connectivity index (χ2n) is 8.04. The number of hydrogen-bond acceptors (Lipinski definition) is 8. The van der Waals surface area contributed by atoms with Crippen LogP contribution in [0.3, 0.4) is 0 Å². The molecule has 8 nitrogen and oxygen atoms in total. The van der Waals surface area contributed by atoms with Gasteiger partial charge in [-0.2, -0.15) is 18.2 Å². The van der Waals surface area contributed by atoms with E-state index in [1.54, 1.807) is 24.3 Å². The van der Waals surface area contributed by atoms with Gasteiger partial charge in [-0.1, -0.05) is 60.3 Å². The quantitative estimate of drug-likeness (QED) is 0.172. The Morgan fingerprint density at radius 3 is 2.32 bits per heavy atom. The summed E-state index contributed by atoms with van der Waals surface area (Å²) in [5, 5.41) is 18.8. The smallest absolute Gasteiger partial charge is 0.392 e. The zero-order chi connectivity index (χ0) is 26.7. The topological polar surface area (TPSA) is 104 Å². The summed E-state index contributed by atoms with van der Waals surface area (Å²) in [7, 11) is 0. The molecule has 0 unspecified atom stereocenters. The minimum atomic E-state index is -4.74. The molecule has 5 aromatic rings. The van der Waals surface area contributed by atoms with E-state index in [2.05, 4.69) is 30.9 Å². The molecule has 194 valence electrons. The van der Waals surface area contributed by atoms with Crippen LogP contribution in [-0.4, -0.2) is 29.9 Å². The van der Waals surface area contributed by atoms with E-state index in [4.69, 9.17) is 12.2 Å². The fourth-order valence-corrected chi connectivity index (χ4v) is 4.96. The summed E-state index contributed by atoms with van der Waals surface area (Å²) < 4.78 is 40.7. The van der Waals surface area contributed by atoms with Crippen LogP contribution < -0.4 is 10.7 Å². The Labute approximate surface area is 223 Å². The number of aliphatic hydroxyl groups is 1. The molecule has 4 N–H and O–H groups in total. The number of hydrogen-bond donors (Lipinski definition) is 4. The third-order valence-electron chi connectivity index (χ3n) is 5.52. The van der Waals surface area contributed by atoms with Gasteiger partial charge in [0.15, 0.2) is 5.82 Å². The van der Waals surface area contributed by atoms with E-state index in [1.165, 1.54) is 11.8 Å².